The van der Waals surface area contributed by atoms with Gasteiger partial charge in [-0.3, -0.25) is 0 Å². The van der Waals surface area contributed by atoms with E-state index in [0.717, 1.165) is 44.5 Å². The summed E-state index contributed by atoms with van der Waals surface area (Å²) in [6.07, 6.45) is 4.30. The Kier molecular flexibility index (Phi) is 5.17. The van der Waals surface area contributed by atoms with E-state index in [4.69, 9.17) is 5.73 Å². The molecule has 7 heteroatoms. The smallest absolute Gasteiger partial charge is 0.335 e. The molecule has 0 amide bonds. The van der Waals surface area contributed by atoms with E-state index in [1.807, 2.05) is 30.3 Å². The number of carboxylic acid groups (broad SMARTS) is 1. The van der Waals surface area contributed by atoms with Crippen LogP contribution in [0.2, 0.25) is 0 Å². The number of phenols is 1. The Bertz CT molecular complexity index is 1180. The Balaban J connectivity index is 1.46. The highest BCUT2D eigenvalue weighted by Gasteiger charge is 2.31. The summed E-state index contributed by atoms with van der Waals surface area (Å²) < 4.78 is 0. The maximum Gasteiger partial charge on any atom is 0.335 e. The number of benzene rings is 2. The van der Waals surface area contributed by atoms with Crippen molar-refractivity contribution in [2.75, 3.05) is 23.7 Å². The Labute approximate surface area is 186 Å². The average Bonchev–Trinajstić information content (AvgIpc) is 3.65. The fourth-order valence-corrected chi connectivity index (χ4v) is 4.74. The number of para-hydroxylation sites is 1. The van der Waals surface area contributed by atoms with Gasteiger partial charge in [0.25, 0.3) is 0 Å². The van der Waals surface area contributed by atoms with Crippen LogP contribution in [0.5, 0.6) is 5.75 Å². The van der Waals surface area contributed by atoms with Crippen molar-refractivity contribution < 1.29 is 15.0 Å². The summed E-state index contributed by atoms with van der Waals surface area (Å²) >= 11 is 0. The number of anilines is 2. The van der Waals surface area contributed by atoms with Gasteiger partial charge in [-0.25, -0.2) is 4.79 Å². The quantitative estimate of drug-likeness (QED) is 0.550. The lowest BCUT2D eigenvalue weighted by Crippen LogP contribution is -2.35. The number of aromatic hydroxyl groups is 1. The third-order valence-electron chi connectivity index (χ3n) is 6.53. The number of aromatic carboxylic acids is 1. The van der Waals surface area contributed by atoms with Gasteiger partial charge < -0.3 is 20.8 Å². The topological polar surface area (TPSA) is 113 Å². The monoisotopic (exact) mass is 430 g/mol. The van der Waals surface area contributed by atoms with Gasteiger partial charge in [0.1, 0.15) is 5.75 Å². The first kappa shape index (κ1) is 20.3. The molecule has 4 N–H and O–H groups in total. The van der Waals surface area contributed by atoms with E-state index < -0.39 is 5.97 Å². The van der Waals surface area contributed by atoms with Crippen molar-refractivity contribution in [3.05, 3.63) is 65.2 Å². The number of nitrogen functional groups attached to an aromatic ring is 1. The molecular weight excluding hydrogens is 404 g/mol. The maximum atomic E-state index is 11.5. The largest absolute Gasteiger partial charge is 0.507 e. The van der Waals surface area contributed by atoms with Gasteiger partial charge in [0, 0.05) is 24.6 Å². The van der Waals surface area contributed by atoms with Crippen molar-refractivity contribution in [3.8, 4) is 17.0 Å². The molecule has 2 fully saturated rings. The second-order valence-corrected chi connectivity index (χ2v) is 8.73. The Morgan fingerprint density at radius 2 is 1.81 bits per heavy atom. The van der Waals surface area contributed by atoms with Gasteiger partial charge in [0.05, 0.1) is 16.9 Å². The molecular formula is C25H26N4O3. The van der Waals surface area contributed by atoms with E-state index in [1.165, 1.54) is 11.1 Å². The van der Waals surface area contributed by atoms with Crippen molar-refractivity contribution in [1.29, 1.82) is 0 Å². The van der Waals surface area contributed by atoms with Crippen LogP contribution >= 0.6 is 0 Å². The average molecular weight is 431 g/mol. The molecule has 164 valence electrons. The number of carboxylic acids is 1. The summed E-state index contributed by atoms with van der Waals surface area (Å²) in [6, 6.07) is 14.6. The first-order valence-corrected chi connectivity index (χ1v) is 11.0. The predicted molar refractivity (Wildman–Crippen MR) is 123 cm³/mol. The lowest BCUT2D eigenvalue weighted by Gasteiger charge is -2.36. The molecule has 1 unspecified atom stereocenters. The van der Waals surface area contributed by atoms with Gasteiger partial charge in [0.15, 0.2) is 5.82 Å². The Morgan fingerprint density at radius 3 is 2.56 bits per heavy atom. The van der Waals surface area contributed by atoms with Crippen molar-refractivity contribution >= 4 is 17.5 Å². The van der Waals surface area contributed by atoms with E-state index in [2.05, 4.69) is 15.1 Å². The molecule has 1 aliphatic carbocycles. The van der Waals surface area contributed by atoms with Crippen molar-refractivity contribution in [2.24, 2.45) is 0 Å². The number of rotatable bonds is 5. The van der Waals surface area contributed by atoms with Crippen LogP contribution in [0, 0.1) is 0 Å². The highest BCUT2D eigenvalue weighted by Crippen LogP contribution is 2.45. The highest BCUT2D eigenvalue weighted by molar-refractivity contribution is 5.88. The van der Waals surface area contributed by atoms with Crippen LogP contribution in [0.3, 0.4) is 0 Å². The summed E-state index contributed by atoms with van der Waals surface area (Å²) in [5.41, 5.74) is 11.0. The van der Waals surface area contributed by atoms with Crippen LogP contribution in [0.1, 0.15) is 59.0 Å². The van der Waals surface area contributed by atoms with E-state index >= 15 is 0 Å². The van der Waals surface area contributed by atoms with Crippen molar-refractivity contribution in [3.63, 3.8) is 0 Å². The van der Waals surface area contributed by atoms with Crippen LogP contribution in [0.15, 0.2) is 48.5 Å². The summed E-state index contributed by atoms with van der Waals surface area (Å²) in [7, 11) is 0. The zero-order valence-corrected chi connectivity index (χ0v) is 17.7. The second kappa shape index (κ2) is 8.15. The van der Waals surface area contributed by atoms with E-state index in [0.29, 0.717) is 34.5 Å². The Morgan fingerprint density at radius 1 is 1.00 bits per heavy atom. The molecule has 0 bridgehead atoms. The summed E-state index contributed by atoms with van der Waals surface area (Å²) in [5.74, 6) is 0.412. The van der Waals surface area contributed by atoms with Gasteiger partial charge in [-0.1, -0.05) is 18.2 Å². The summed E-state index contributed by atoms with van der Waals surface area (Å²) in [6.45, 7) is 1.64. The first-order chi connectivity index (χ1) is 15.5. The number of aromatic nitrogens is 2. The van der Waals surface area contributed by atoms with E-state index in [1.54, 1.807) is 18.2 Å². The number of nitrogens with two attached hydrogens (primary N) is 1. The Hall–Kier alpha value is -3.61. The molecule has 0 spiro atoms. The van der Waals surface area contributed by atoms with Crippen molar-refractivity contribution in [1.82, 2.24) is 10.2 Å². The molecule has 7 nitrogen and oxygen atoms in total. The number of hydrogen-bond donors (Lipinski definition) is 3. The SMILES string of the molecule is Nc1nnc(-c2ccccc2O)cc1N1CCCC(c2ccc(C(=O)O)cc2C2CC2)C1. The molecule has 0 radical (unpaired) electrons. The van der Waals surface area contributed by atoms with Crippen molar-refractivity contribution in [2.45, 2.75) is 37.5 Å². The molecule has 3 aromatic rings. The molecule has 2 aliphatic rings. The molecule has 1 aliphatic heterocycles. The van der Waals surface area contributed by atoms with Gasteiger partial charge in [-0.05, 0) is 73.1 Å². The zero-order chi connectivity index (χ0) is 22.2. The fraction of sp³-hybridized carbons (Fsp3) is 0.320. The van der Waals surface area contributed by atoms with Crippen LogP contribution in [0.4, 0.5) is 11.5 Å². The number of carbonyl (C=O) groups is 1. The summed E-state index contributed by atoms with van der Waals surface area (Å²) in [5, 5.41) is 28.0. The van der Waals surface area contributed by atoms with E-state index in [-0.39, 0.29) is 5.75 Å². The van der Waals surface area contributed by atoms with Gasteiger partial charge in [0.2, 0.25) is 0 Å². The highest BCUT2D eigenvalue weighted by atomic mass is 16.4. The number of phenolic OH excluding ortho intramolecular Hbond substituents is 1. The predicted octanol–water partition coefficient (Wildman–Crippen LogP) is 4.39. The summed E-state index contributed by atoms with van der Waals surface area (Å²) in [4.78, 5) is 13.7. The number of nitrogens with zero attached hydrogens (tertiary/aromatic N) is 3. The van der Waals surface area contributed by atoms with Gasteiger partial charge in [-0.2, -0.15) is 0 Å². The maximum absolute atomic E-state index is 11.5. The zero-order valence-electron chi connectivity index (χ0n) is 17.7. The van der Waals surface area contributed by atoms with E-state index in [9.17, 15) is 15.0 Å². The lowest BCUT2D eigenvalue weighted by molar-refractivity contribution is 0.0696. The third kappa shape index (κ3) is 3.86. The number of piperidine rings is 1. The molecule has 2 heterocycles. The van der Waals surface area contributed by atoms with Crippen LogP contribution in [-0.4, -0.2) is 39.5 Å². The second-order valence-electron chi connectivity index (χ2n) is 8.73. The third-order valence-corrected chi connectivity index (χ3v) is 6.53. The molecule has 2 aromatic carbocycles. The molecule has 5 rings (SSSR count). The van der Waals surface area contributed by atoms with Crippen LogP contribution < -0.4 is 10.6 Å². The van der Waals surface area contributed by atoms with Crippen LogP contribution in [-0.2, 0) is 0 Å². The standard InChI is InChI=1S/C25H26N4O3/c26-24-22(13-21(27-28-24)19-5-1-2-6-23(19)30)29-11-3-4-17(14-29)18-10-9-16(25(31)32)12-20(18)15-7-8-15/h1-2,5-6,9-10,12-13,15,17,30H,3-4,7-8,11,14H2,(H2,26,28)(H,31,32). The molecule has 1 saturated heterocycles. The van der Waals surface area contributed by atoms with Gasteiger partial charge in [-0.15, -0.1) is 10.2 Å². The number of hydrogen-bond acceptors (Lipinski definition) is 6. The minimum atomic E-state index is -0.879. The minimum absolute atomic E-state index is 0.154. The molecule has 1 saturated carbocycles. The van der Waals surface area contributed by atoms with Gasteiger partial charge >= 0.3 is 5.97 Å². The molecule has 32 heavy (non-hydrogen) atoms. The van der Waals surface area contributed by atoms with Crippen LogP contribution in [0.25, 0.3) is 11.3 Å². The normalized spacial score (nSPS) is 18.5. The molecule has 1 aromatic heterocycles. The minimum Gasteiger partial charge on any atom is -0.507 e. The lowest BCUT2D eigenvalue weighted by atomic mass is 9.85. The first-order valence-electron chi connectivity index (χ1n) is 11.0. The molecule has 1 atom stereocenters. The fourth-order valence-electron chi connectivity index (χ4n) is 4.74.